The van der Waals surface area contributed by atoms with Crippen LogP contribution in [0.3, 0.4) is 0 Å². The molecule has 0 radical (unpaired) electrons. The lowest BCUT2D eigenvalue weighted by Crippen LogP contribution is -2.61. The Hall–Kier alpha value is -0.120. The molecule has 0 aromatic heterocycles. The van der Waals surface area contributed by atoms with E-state index in [1.54, 1.807) is 0 Å². The zero-order valence-corrected chi connectivity index (χ0v) is 13.0. The van der Waals surface area contributed by atoms with Gasteiger partial charge in [0.15, 0.2) is 0 Å². The molecule has 1 aliphatic heterocycles. The van der Waals surface area contributed by atoms with Gasteiger partial charge >= 0.3 is 0 Å². The summed E-state index contributed by atoms with van der Waals surface area (Å²) < 4.78 is 5.47. The van der Waals surface area contributed by atoms with Gasteiger partial charge in [0.2, 0.25) is 0 Å². The van der Waals surface area contributed by atoms with Crippen molar-refractivity contribution in [2.75, 3.05) is 26.3 Å². The van der Waals surface area contributed by atoms with E-state index in [9.17, 15) is 0 Å². The average molecular weight is 268 g/mol. The number of ether oxygens (including phenoxy) is 1. The Labute approximate surface area is 118 Å². The van der Waals surface area contributed by atoms with E-state index in [2.05, 4.69) is 25.7 Å². The minimum atomic E-state index is 0.105. The van der Waals surface area contributed by atoms with Crippen molar-refractivity contribution in [1.29, 1.82) is 0 Å². The number of rotatable bonds is 4. The first-order chi connectivity index (χ1) is 9.05. The molecule has 1 saturated carbocycles. The molecule has 0 aromatic rings. The van der Waals surface area contributed by atoms with E-state index in [0.717, 1.165) is 32.2 Å². The predicted octanol–water partition coefficient (Wildman–Crippen LogP) is 2.64. The first-order valence-electron chi connectivity index (χ1n) is 8.14. The molecular formula is C16H32N2O. The second kappa shape index (κ2) is 6.55. The van der Waals surface area contributed by atoms with Crippen LogP contribution < -0.4 is 5.73 Å². The minimum Gasteiger partial charge on any atom is -0.379 e. The van der Waals surface area contributed by atoms with Crippen molar-refractivity contribution in [1.82, 2.24) is 4.90 Å². The Bertz CT molecular complexity index is 266. The van der Waals surface area contributed by atoms with E-state index < -0.39 is 0 Å². The molecule has 112 valence electrons. The number of hydrogen-bond donors (Lipinski definition) is 1. The summed E-state index contributed by atoms with van der Waals surface area (Å²) in [5.74, 6) is 1.66. The van der Waals surface area contributed by atoms with Crippen LogP contribution in [0.1, 0.15) is 52.9 Å². The molecule has 0 spiro atoms. The Kier molecular flexibility index (Phi) is 5.27. The Balaban J connectivity index is 1.92. The summed E-state index contributed by atoms with van der Waals surface area (Å²) in [4.78, 5) is 2.53. The van der Waals surface area contributed by atoms with Crippen LogP contribution in [0.2, 0.25) is 0 Å². The largest absolute Gasteiger partial charge is 0.379 e. The zero-order chi connectivity index (χ0) is 13.9. The van der Waals surface area contributed by atoms with Crippen LogP contribution in [0, 0.1) is 11.8 Å². The molecule has 2 aliphatic rings. The van der Waals surface area contributed by atoms with Gasteiger partial charge in [-0.25, -0.2) is 0 Å². The van der Waals surface area contributed by atoms with Gasteiger partial charge in [0.05, 0.1) is 13.2 Å². The van der Waals surface area contributed by atoms with Gasteiger partial charge in [0, 0.05) is 24.7 Å². The predicted molar refractivity (Wildman–Crippen MR) is 80.2 cm³/mol. The van der Waals surface area contributed by atoms with Crippen LogP contribution >= 0.6 is 0 Å². The second-order valence-electron chi connectivity index (χ2n) is 6.97. The first-order valence-corrected chi connectivity index (χ1v) is 8.14. The average Bonchev–Trinajstić information content (AvgIpc) is 2.47. The van der Waals surface area contributed by atoms with E-state index >= 15 is 0 Å². The molecule has 1 heterocycles. The van der Waals surface area contributed by atoms with Crippen molar-refractivity contribution in [2.45, 2.75) is 64.5 Å². The van der Waals surface area contributed by atoms with Gasteiger partial charge in [-0.1, -0.05) is 26.2 Å². The number of nitrogens with zero attached hydrogens (tertiary/aromatic N) is 1. The molecule has 2 fully saturated rings. The molecule has 1 aliphatic carbocycles. The molecule has 19 heavy (non-hydrogen) atoms. The van der Waals surface area contributed by atoms with Crippen LogP contribution in [0.4, 0.5) is 0 Å². The molecule has 3 heteroatoms. The summed E-state index contributed by atoms with van der Waals surface area (Å²) in [6.45, 7) is 10.8. The van der Waals surface area contributed by atoms with Crippen molar-refractivity contribution in [3.8, 4) is 0 Å². The number of hydrogen-bond acceptors (Lipinski definition) is 3. The maximum absolute atomic E-state index is 6.66. The standard InChI is InChI=1S/C16H32N2O/c1-4-13-5-7-14(8-6-13)15(17)16(2,3)18-9-11-19-12-10-18/h13-15H,4-12,17H2,1-3H3. The third-order valence-corrected chi connectivity index (χ3v) is 5.62. The number of morpholine rings is 1. The first kappa shape index (κ1) is 15.3. The minimum absolute atomic E-state index is 0.105. The van der Waals surface area contributed by atoms with Gasteiger partial charge in [-0.2, -0.15) is 0 Å². The molecule has 1 saturated heterocycles. The van der Waals surface area contributed by atoms with Crippen LogP contribution in [-0.2, 0) is 4.74 Å². The zero-order valence-electron chi connectivity index (χ0n) is 13.0. The molecule has 2 N–H and O–H groups in total. The van der Waals surface area contributed by atoms with Gasteiger partial charge in [0.1, 0.15) is 0 Å². The number of nitrogens with two attached hydrogens (primary N) is 1. The van der Waals surface area contributed by atoms with Crippen LogP contribution in [-0.4, -0.2) is 42.8 Å². The van der Waals surface area contributed by atoms with Crippen molar-refractivity contribution < 1.29 is 4.74 Å². The van der Waals surface area contributed by atoms with Gasteiger partial charge in [-0.15, -0.1) is 0 Å². The lowest BCUT2D eigenvalue weighted by Gasteiger charge is -2.48. The summed E-state index contributed by atoms with van der Waals surface area (Å²) in [7, 11) is 0. The Morgan fingerprint density at radius 3 is 2.26 bits per heavy atom. The highest BCUT2D eigenvalue weighted by Gasteiger charge is 2.39. The lowest BCUT2D eigenvalue weighted by atomic mass is 9.72. The SMILES string of the molecule is CCC1CCC(C(N)C(C)(C)N2CCOCC2)CC1. The third-order valence-electron chi connectivity index (χ3n) is 5.62. The molecule has 0 bridgehead atoms. The van der Waals surface area contributed by atoms with E-state index in [0.29, 0.717) is 12.0 Å². The van der Waals surface area contributed by atoms with Crippen LogP contribution in [0.15, 0.2) is 0 Å². The third kappa shape index (κ3) is 3.50. The molecule has 1 unspecified atom stereocenters. The van der Waals surface area contributed by atoms with Gasteiger partial charge in [0.25, 0.3) is 0 Å². The Morgan fingerprint density at radius 2 is 1.74 bits per heavy atom. The van der Waals surface area contributed by atoms with Crippen molar-refractivity contribution >= 4 is 0 Å². The van der Waals surface area contributed by atoms with E-state index in [1.165, 1.54) is 32.1 Å². The van der Waals surface area contributed by atoms with E-state index in [4.69, 9.17) is 10.5 Å². The highest BCUT2D eigenvalue weighted by Crippen LogP contribution is 2.36. The van der Waals surface area contributed by atoms with E-state index in [1.807, 2.05) is 0 Å². The molecule has 3 nitrogen and oxygen atoms in total. The van der Waals surface area contributed by atoms with Crippen molar-refractivity contribution in [3.05, 3.63) is 0 Å². The van der Waals surface area contributed by atoms with Gasteiger partial charge < -0.3 is 10.5 Å². The molecular weight excluding hydrogens is 236 g/mol. The summed E-state index contributed by atoms with van der Waals surface area (Å²) >= 11 is 0. The maximum atomic E-state index is 6.66. The fraction of sp³-hybridized carbons (Fsp3) is 1.00. The van der Waals surface area contributed by atoms with E-state index in [-0.39, 0.29) is 5.54 Å². The normalized spacial score (nSPS) is 32.2. The smallest absolute Gasteiger partial charge is 0.0594 e. The van der Waals surface area contributed by atoms with Crippen LogP contribution in [0.25, 0.3) is 0 Å². The van der Waals surface area contributed by atoms with Crippen LogP contribution in [0.5, 0.6) is 0 Å². The van der Waals surface area contributed by atoms with Gasteiger partial charge in [-0.3, -0.25) is 4.90 Å². The summed E-state index contributed by atoms with van der Waals surface area (Å²) in [6.07, 6.45) is 6.76. The Morgan fingerprint density at radius 1 is 1.16 bits per heavy atom. The highest BCUT2D eigenvalue weighted by molar-refractivity contribution is 4.97. The molecule has 0 amide bonds. The fourth-order valence-electron chi connectivity index (χ4n) is 3.88. The lowest BCUT2D eigenvalue weighted by molar-refractivity contribution is -0.0289. The van der Waals surface area contributed by atoms with Gasteiger partial charge in [-0.05, 0) is 38.5 Å². The highest BCUT2D eigenvalue weighted by atomic mass is 16.5. The fourth-order valence-corrected chi connectivity index (χ4v) is 3.88. The maximum Gasteiger partial charge on any atom is 0.0594 e. The quantitative estimate of drug-likeness (QED) is 0.852. The van der Waals surface area contributed by atoms with Crippen molar-refractivity contribution in [2.24, 2.45) is 17.6 Å². The second-order valence-corrected chi connectivity index (χ2v) is 6.97. The summed E-state index contributed by atoms with van der Waals surface area (Å²) in [5, 5.41) is 0. The summed E-state index contributed by atoms with van der Waals surface area (Å²) in [5.41, 5.74) is 6.77. The topological polar surface area (TPSA) is 38.5 Å². The molecule has 1 atom stereocenters. The van der Waals surface area contributed by atoms with Crippen molar-refractivity contribution in [3.63, 3.8) is 0 Å². The summed E-state index contributed by atoms with van der Waals surface area (Å²) in [6, 6.07) is 0.295. The monoisotopic (exact) mass is 268 g/mol. The molecule has 2 rings (SSSR count). The molecule has 0 aromatic carbocycles.